The van der Waals surface area contributed by atoms with Gasteiger partial charge in [-0.2, -0.15) is 0 Å². The summed E-state index contributed by atoms with van der Waals surface area (Å²) in [5.41, 5.74) is 0.663. The molecule has 0 aliphatic carbocycles. The second-order valence-electron chi connectivity index (χ2n) is 4.90. The first-order valence-corrected chi connectivity index (χ1v) is 7.32. The number of unbranched alkanes of at least 4 members (excludes halogenated alkanes) is 3. The molecule has 1 atom stereocenters. The summed E-state index contributed by atoms with van der Waals surface area (Å²) >= 11 is 0. The molecule has 0 aromatic heterocycles. The summed E-state index contributed by atoms with van der Waals surface area (Å²) in [6.07, 6.45) is 4.43. The van der Waals surface area contributed by atoms with Gasteiger partial charge in [-0.1, -0.05) is 32.3 Å². The van der Waals surface area contributed by atoms with Gasteiger partial charge in [-0.05, 0) is 30.7 Å². The zero-order valence-corrected chi connectivity index (χ0v) is 13.0. The van der Waals surface area contributed by atoms with Crippen LogP contribution < -0.4 is 14.8 Å². The summed E-state index contributed by atoms with van der Waals surface area (Å²) < 4.78 is 10.4. The summed E-state index contributed by atoms with van der Waals surface area (Å²) in [5, 5.41) is 12.5. The molecule has 5 heteroatoms. The van der Waals surface area contributed by atoms with E-state index in [-0.39, 0.29) is 0 Å². The molecular weight excluding hydrogens is 270 g/mol. The Labute approximate surface area is 126 Å². The molecule has 0 aliphatic rings. The predicted molar refractivity (Wildman–Crippen MR) is 82.1 cm³/mol. The van der Waals surface area contributed by atoms with E-state index in [0.717, 1.165) is 19.3 Å². The molecule has 0 saturated heterocycles. The zero-order valence-electron chi connectivity index (χ0n) is 13.0. The van der Waals surface area contributed by atoms with Crippen LogP contribution in [0.1, 0.15) is 44.2 Å². The van der Waals surface area contributed by atoms with Gasteiger partial charge >= 0.3 is 5.97 Å². The molecule has 118 valence electrons. The molecule has 0 saturated carbocycles. The Morgan fingerprint density at radius 2 is 1.90 bits per heavy atom. The van der Waals surface area contributed by atoms with Gasteiger partial charge in [-0.3, -0.25) is 4.79 Å². The van der Waals surface area contributed by atoms with E-state index in [2.05, 4.69) is 12.2 Å². The molecule has 0 heterocycles. The van der Waals surface area contributed by atoms with E-state index in [1.807, 2.05) is 0 Å². The maximum Gasteiger partial charge on any atom is 0.325 e. The fourth-order valence-electron chi connectivity index (χ4n) is 2.18. The first-order valence-electron chi connectivity index (χ1n) is 7.32. The van der Waals surface area contributed by atoms with Crippen LogP contribution in [0, 0.1) is 0 Å². The van der Waals surface area contributed by atoms with Gasteiger partial charge in [0.25, 0.3) is 0 Å². The molecule has 0 fully saturated rings. The Morgan fingerprint density at radius 3 is 2.48 bits per heavy atom. The highest BCUT2D eigenvalue weighted by atomic mass is 16.5. The second-order valence-corrected chi connectivity index (χ2v) is 4.90. The standard InChI is InChI=1S/C16H25NO4/c1-4-5-6-7-10-17-15(16(18)19)12-8-9-13(20-2)14(11-12)21-3/h8-9,11,15,17H,4-7,10H2,1-3H3,(H,18,19). The van der Waals surface area contributed by atoms with Crippen molar-refractivity contribution in [2.75, 3.05) is 20.8 Å². The number of benzene rings is 1. The smallest absolute Gasteiger partial charge is 0.325 e. The third-order valence-corrected chi connectivity index (χ3v) is 3.37. The van der Waals surface area contributed by atoms with Gasteiger partial charge in [-0.25, -0.2) is 0 Å². The maximum absolute atomic E-state index is 11.4. The van der Waals surface area contributed by atoms with Crippen LogP contribution in [0.2, 0.25) is 0 Å². The fraction of sp³-hybridized carbons (Fsp3) is 0.562. The van der Waals surface area contributed by atoms with Crippen molar-refractivity contribution in [3.63, 3.8) is 0 Å². The molecule has 1 aromatic rings. The van der Waals surface area contributed by atoms with Crippen LogP contribution in [0.15, 0.2) is 18.2 Å². The number of ether oxygens (including phenoxy) is 2. The van der Waals surface area contributed by atoms with Crippen molar-refractivity contribution in [2.45, 2.75) is 38.6 Å². The molecule has 5 nitrogen and oxygen atoms in total. The minimum atomic E-state index is -0.891. The van der Waals surface area contributed by atoms with Crippen LogP contribution in [0.3, 0.4) is 0 Å². The van der Waals surface area contributed by atoms with Crippen molar-refractivity contribution < 1.29 is 19.4 Å². The van der Waals surface area contributed by atoms with Gasteiger partial charge in [0.2, 0.25) is 0 Å². The minimum Gasteiger partial charge on any atom is -0.493 e. The van der Waals surface area contributed by atoms with E-state index in [1.165, 1.54) is 13.5 Å². The monoisotopic (exact) mass is 295 g/mol. The van der Waals surface area contributed by atoms with Crippen LogP contribution in [0.5, 0.6) is 11.5 Å². The lowest BCUT2D eigenvalue weighted by atomic mass is 10.1. The van der Waals surface area contributed by atoms with Crippen molar-refractivity contribution in [3.05, 3.63) is 23.8 Å². The van der Waals surface area contributed by atoms with E-state index in [1.54, 1.807) is 25.3 Å². The van der Waals surface area contributed by atoms with E-state index in [0.29, 0.717) is 23.6 Å². The lowest BCUT2D eigenvalue weighted by Crippen LogP contribution is -2.29. The van der Waals surface area contributed by atoms with Crippen LogP contribution in [-0.4, -0.2) is 31.8 Å². The topological polar surface area (TPSA) is 67.8 Å². The number of aliphatic carboxylic acids is 1. The highest BCUT2D eigenvalue weighted by Crippen LogP contribution is 2.30. The number of rotatable bonds is 10. The van der Waals surface area contributed by atoms with Crippen LogP contribution in [-0.2, 0) is 4.79 Å². The zero-order chi connectivity index (χ0) is 15.7. The van der Waals surface area contributed by atoms with Crippen LogP contribution >= 0.6 is 0 Å². The van der Waals surface area contributed by atoms with E-state index in [4.69, 9.17) is 9.47 Å². The van der Waals surface area contributed by atoms with E-state index < -0.39 is 12.0 Å². The number of methoxy groups -OCH3 is 2. The van der Waals surface area contributed by atoms with Gasteiger partial charge in [0.1, 0.15) is 6.04 Å². The normalized spacial score (nSPS) is 12.0. The van der Waals surface area contributed by atoms with Gasteiger partial charge in [-0.15, -0.1) is 0 Å². The summed E-state index contributed by atoms with van der Waals surface area (Å²) in [6, 6.07) is 4.45. The fourth-order valence-corrected chi connectivity index (χ4v) is 2.18. The summed E-state index contributed by atoms with van der Waals surface area (Å²) in [4.78, 5) is 11.4. The Bertz CT molecular complexity index is 448. The van der Waals surface area contributed by atoms with Gasteiger partial charge < -0.3 is 19.9 Å². The predicted octanol–water partition coefficient (Wildman–Crippen LogP) is 3.00. The van der Waals surface area contributed by atoms with Crippen LogP contribution in [0.25, 0.3) is 0 Å². The maximum atomic E-state index is 11.4. The largest absolute Gasteiger partial charge is 0.493 e. The number of carboxylic acids is 1. The summed E-state index contributed by atoms with van der Waals surface area (Å²) in [6.45, 7) is 2.84. The number of carbonyl (C=O) groups is 1. The average Bonchev–Trinajstić information content (AvgIpc) is 2.49. The van der Waals surface area contributed by atoms with Crippen molar-refractivity contribution in [1.29, 1.82) is 0 Å². The number of hydrogen-bond acceptors (Lipinski definition) is 4. The Balaban J connectivity index is 2.74. The SMILES string of the molecule is CCCCCCNC(C(=O)O)c1ccc(OC)c(OC)c1. The van der Waals surface area contributed by atoms with Gasteiger partial charge in [0, 0.05) is 0 Å². The van der Waals surface area contributed by atoms with E-state index in [9.17, 15) is 9.90 Å². The van der Waals surface area contributed by atoms with Crippen molar-refractivity contribution in [2.24, 2.45) is 0 Å². The first-order chi connectivity index (χ1) is 10.1. The minimum absolute atomic E-state index is 0.536. The third-order valence-electron chi connectivity index (χ3n) is 3.37. The van der Waals surface area contributed by atoms with Gasteiger partial charge in [0.05, 0.1) is 14.2 Å². The molecular formula is C16H25NO4. The first kappa shape index (κ1) is 17.3. The molecule has 1 unspecified atom stereocenters. The molecule has 21 heavy (non-hydrogen) atoms. The number of carboxylic acid groups (broad SMARTS) is 1. The second kappa shape index (κ2) is 9.23. The summed E-state index contributed by atoms with van der Waals surface area (Å²) in [5.74, 6) is 0.236. The quantitative estimate of drug-likeness (QED) is 0.649. The molecule has 0 amide bonds. The van der Waals surface area contributed by atoms with E-state index >= 15 is 0 Å². The molecule has 1 aromatic carbocycles. The highest BCUT2D eigenvalue weighted by Gasteiger charge is 2.20. The number of nitrogens with one attached hydrogen (secondary N) is 1. The lowest BCUT2D eigenvalue weighted by Gasteiger charge is -2.17. The molecule has 2 N–H and O–H groups in total. The number of hydrogen-bond donors (Lipinski definition) is 2. The van der Waals surface area contributed by atoms with Crippen molar-refractivity contribution in [1.82, 2.24) is 5.32 Å². The molecule has 1 rings (SSSR count). The average molecular weight is 295 g/mol. The molecule has 0 spiro atoms. The van der Waals surface area contributed by atoms with Crippen LogP contribution in [0.4, 0.5) is 0 Å². The van der Waals surface area contributed by atoms with Crippen molar-refractivity contribution >= 4 is 5.97 Å². The van der Waals surface area contributed by atoms with Crippen molar-refractivity contribution in [3.8, 4) is 11.5 Å². The molecule has 0 radical (unpaired) electrons. The lowest BCUT2D eigenvalue weighted by molar-refractivity contribution is -0.139. The Hall–Kier alpha value is -1.75. The highest BCUT2D eigenvalue weighted by molar-refractivity contribution is 5.76. The van der Waals surface area contributed by atoms with Gasteiger partial charge in [0.15, 0.2) is 11.5 Å². The third kappa shape index (κ3) is 5.27. The Morgan fingerprint density at radius 1 is 1.19 bits per heavy atom. The summed E-state index contributed by atoms with van der Waals surface area (Å²) in [7, 11) is 3.09. The Kier molecular flexibility index (Phi) is 7.61. The molecule has 0 bridgehead atoms. The molecule has 0 aliphatic heterocycles.